The third kappa shape index (κ3) is 5.15. The molecular weight excluding hydrogens is 535 g/mol. The minimum atomic E-state index is -0.850. The molecule has 4 aromatic rings. The molecule has 1 aliphatic rings. The van der Waals surface area contributed by atoms with Gasteiger partial charge in [0.25, 0.3) is 5.91 Å². The summed E-state index contributed by atoms with van der Waals surface area (Å²) in [6, 6.07) is 22.5. The van der Waals surface area contributed by atoms with Crippen molar-refractivity contribution in [3.63, 3.8) is 0 Å². The van der Waals surface area contributed by atoms with Gasteiger partial charge in [-0.15, -0.1) is 0 Å². The molecule has 37 heavy (non-hydrogen) atoms. The monoisotopic (exact) mass is 550 g/mol. The summed E-state index contributed by atoms with van der Waals surface area (Å²) >= 11 is 13.3. The van der Waals surface area contributed by atoms with E-state index in [0.717, 1.165) is 16.4 Å². The maximum absolute atomic E-state index is 13.4. The van der Waals surface area contributed by atoms with Crippen LogP contribution in [-0.4, -0.2) is 27.9 Å². The zero-order chi connectivity index (χ0) is 25.9. The molecule has 1 amide bonds. The second-order valence-electron chi connectivity index (χ2n) is 7.73. The van der Waals surface area contributed by atoms with Crippen LogP contribution in [0, 0.1) is 0 Å². The summed E-state index contributed by atoms with van der Waals surface area (Å²) in [4.78, 5) is 32.4. The Morgan fingerprint density at radius 2 is 1.76 bits per heavy atom. The number of hydrogen-bond acceptors (Lipinski definition) is 7. The molecule has 0 aliphatic carbocycles. The maximum Gasteiger partial charge on any atom is 0.307 e. The first-order valence-corrected chi connectivity index (χ1v) is 12.6. The van der Waals surface area contributed by atoms with Crippen LogP contribution in [0.3, 0.4) is 0 Å². The van der Waals surface area contributed by atoms with Gasteiger partial charge < -0.3 is 9.63 Å². The lowest BCUT2D eigenvalue weighted by Gasteiger charge is -2.17. The van der Waals surface area contributed by atoms with E-state index in [9.17, 15) is 14.7 Å². The second kappa shape index (κ2) is 10.6. The van der Waals surface area contributed by atoms with E-state index in [2.05, 4.69) is 10.3 Å². The summed E-state index contributed by atoms with van der Waals surface area (Å²) in [7, 11) is 0. The second-order valence-corrected chi connectivity index (χ2v) is 9.52. The van der Waals surface area contributed by atoms with Crippen molar-refractivity contribution in [1.29, 1.82) is 0 Å². The number of Topliss-reactive ketones (excluding diaryl/α,β-unsaturated/α-hetero) is 1. The number of carbonyl (C=O) groups is 2. The lowest BCUT2D eigenvalue weighted by atomic mass is 10.2. The number of halogens is 2. The number of ketones is 1. The van der Waals surface area contributed by atoms with E-state index in [1.165, 1.54) is 4.90 Å². The smallest absolute Gasteiger partial charge is 0.307 e. The largest absolute Gasteiger partial charge is 0.539 e. The number of amides is 1. The first-order chi connectivity index (χ1) is 17.9. The van der Waals surface area contributed by atoms with Crippen molar-refractivity contribution in [1.82, 2.24) is 5.27 Å². The van der Waals surface area contributed by atoms with Gasteiger partial charge >= 0.3 is 5.69 Å². The van der Waals surface area contributed by atoms with Gasteiger partial charge in [-0.2, -0.15) is 0 Å². The molecule has 0 bridgehead atoms. The molecule has 0 atom stereocenters. The quantitative estimate of drug-likeness (QED) is 0.196. The van der Waals surface area contributed by atoms with Crippen LogP contribution in [0.4, 0.5) is 5.69 Å². The molecule has 8 nitrogen and oxygen atoms in total. The van der Waals surface area contributed by atoms with Crippen molar-refractivity contribution in [2.24, 2.45) is 4.99 Å². The van der Waals surface area contributed by atoms with Gasteiger partial charge in [0.2, 0.25) is 11.5 Å². The number of nitrogens with zero attached hydrogens (tertiary/aromatic N) is 4. The number of aliphatic imine (C=N–C) groups is 1. The van der Waals surface area contributed by atoms with Crippen LogP contribution in [0.15, 0.2) is 94.1 Å². The van der Waals surface area contributed by atoms with Crippen molar-refractivity contribution >= 4 is 63.6 Å². The Kier molecular flexibility index (Phi) is 7.09. The Morgan fingerprint density at radius 3 is 2.46 bits per heavy atom. The van der Waals surface area contributed by atoms with Gasteiger partial charge in [-0.25, -0.2) is 4.99 Å². The highest BCUT2D eigenvalue weighted by molar-refractivity contribution is 8.14. The molecule has 0 unspecified atom stereocenters. The number of rotatable bonds is 6. The zero-order valence-electron chi connectivity index (χ0n) is 18.9. The fourth-order valence-electron chi connectivity index (χ4n) is 3.59. The molecule has 0 spiro atoms. The van der Waals surface area contributed by atoms with E-state index in [1.807, 2.05) is 6.07 Å². The summed E-state index contributed by atoms with van der Waals surface area (Å²) < 4.78 is 5.92. The molecule has 0 N–H and O–H groups in total. The number of anilines is 1. The molecule has 0 saturated heterocycles. The lowest BCUT2D eigenvalue weighted by molar-refractivity contribution is -0.672. The first kappa shape index (κ1) is 24.8. The molecule has 0 fully saturated rings. The first-order valence-electron chi connectivity index (χ1n) is 10.9. The van der Waals surface area contributed by atoms with Crippen molar-refractivity contribution in [2.45, 2.75) is 0 Å². The molecule has 3 aromatic carbocycles. The van der Waals surface area contributed by atoms with Crippen molar-refractivity contribution in [3.05, 3.63) is 106 Å². The fraction of sp³-hybridized carbons (Fsp3) is 0.0385. The van der Waals surface area contributed by atoms with E-state index in [0.29, 0.717) is 27.0 Å². The Hall–Kier alpha value is -3.92. The van der Waals surface area contributed by atoms with Gasteiger partial charge in [0, 0.05) is 22.2 Å². The number of benzene rings is 3. The van der Waals surface area contributed by atoms with Crippen LogP contribution in [0.5, 0.6) is 5.95 Å². The van der Waals surface area contributed by atoms with Gasteiger partial charge in [0.1, 0.15) is 5.70 Å². The summed E-state index contributed by atoms with van der Waals surface area (Å²) in [6.45, 7) is 0. The van der Waals surface area contributed by atoms with Crippen LogP contribution in [0.25, 0.3) is 11.8 Å². The lowest BCUT2D eigenvalue weighted by Crippen LogP contribution is -2.39. The average Bonchev–Trinajstić information content (AvgIpc) is 3.44. The average molecular weight is 551 g/mol. The molecule has 2 heterocycles. The van der Waals surface area contributed by atoms with E-state index >= 15 is 0 Å². The SMILES string of the molecule is O=C(CSC1=N/C(=C/c2ccc(Cl)cc2Cl)C(=O)N1c1ccccc1)c1c([O-])on[n+]1-c1ccccc1. The van der Waals surface area contributed by atoms with Gasteiger partial charge in [-0.1, -0.05) is 77.4 Å². The third-order valence-electron chi connectivity index (χ3n) is 5.31. The fourth-order valence-corrected chi connectivity index (χ4v) is 4.93. The highest BCUT2D eigenvalue weighted by Crippen LogP contribution is 2.31. The van der Waals surface area contributed by atoms with Crippen molar-refractivity contribution in [2.75, 3.05) is 10.7 Å². The number of aromatic nitrogens is 2. The van der Waals surface area contributed by atoms with E-state index < -0.39 is 11.7 Å². The van der Waals surface area contributed by atoms with Crippen LogP contribution < -0.4 is 14.7 Å². The van der Waals surface area contributed by atoms with Gasteiger partial charge in [-0.3, -0.25) is 14.5 Å². The molecule has 5 rings (SSSR count). The van der Waals surface area contributed by atoms with Gasteiger partial charge in [0.15, 0.2) is 11.1 Å². The van der Waals surface area contributed by atoms with Crippen LogP contribution in [-0.2, 0) is 4.79 Å². The van der Waals surface area contributed by atoms with Gasteiger partial charge in [-0.05, 0) is 40.6 Å². The Balaban J connectivity index is 1.45. The standard InChI is InChI=1S/C26H16Cl2N4O4S/c27-17-12-11-16(20(28)14-17)13-21-24(34)31(18-7-3-1-4-8-18)26(29-21)37-15-22(33)23-25(35)36-30-32(23)19-9-5-2-6-10-19/h1-14H,15H2/b21-13+. The zero-order valence-corrected chi connectivity index (χ0v) is 21.2. The van der Waals surface area contributed by atoms with Crippen LogP contribution in [0.1, 0.15) is 16.1 Å². The van der Waals surface area contributed by atoms with Crippen molar-refractivity contribution in [3.8, 4) is 11.6 Å². The number of para-hydroxylation sites is 2. The highest BCUT2D eigenvalue weighted by Gasteiger charge is 2.34. The molecule has 0 saturated carbocycles. The Labute approximate surface area is 225 Å². The predicted molar refractivity (Wildman–Crippen MR) is 140 cm³/mol. The molecule has 1 aliphatic heterocycles. The summed E-state index contributed by atoms with van der Waals surface area (Å²) in [5, 5.41) is 17.1. The summed E-state index contributed by atoms with van der Waals surface area (Å²) in [5.74, 6) is -1.95. The third-order valence-corrected chi connectivity index (χ3v) is 6.81. The normalized spacial score (nSPS) is 14.3. The van der Waals surface area contributed by atoms with Gasteiger partial charge in [0.05, 0.1) is 16.7 Å². The molecular formula is C26H16Cl2N4O4S. The topological polar surface area (TPSA) is 103 Å². The minimum Gasteiger partial charge on any atom is -0.539 e. The summed E-state index contributed by atoms with van der Waals surface area (Å²) in [6.07, 6.45) is 1.56. The number of hydrogen-bond donors (Lipinski definition) is 0. The molecule has 1 aromatic heterocycles. The van der Waals surface area contributed by atoms with E-state index in [-0.39, 0.29) is 28.2 Å². The summed E-state index contributed by atoms with van der Waals surface area (Å²) in [5.41, 5.74) is 1.56. The Morgan fingerprint density at radius 1 is 1.05 bits per heavy atom. The maximum atomic E-state index is 13.4. The Bertz CT molecular complexity index is 1560. The highest BCUT2D eigenvalue weighted by atomic mass is 35.5. The minimum absolute atomic E-state index is 0.136. The number of thioether (sulfide) groups is 1. The van der Waals surface area contributed by atoms with E-state index in [1.54, 1.807) is 78.9 Å². The molecule has 184 valence electrons. The predicted octanol–water partition coefficient (Wildman–Crippen LogP) is 4.69. The van der Waals surface area contributed by atoms with Crippen LogP contribution >= 0.6 is 35.0 Å². The van der Waals surface area contributed by atoms with E-state index in [4.69, 9.17) is 27.7 Å². The van der Waals surface area contributed by atoms with Crippen LogP contribution in [0.2, 0.25) is 10.0 Å². The number of carbonyl (C=O) groups excluding carboxylic acids is 2. The molecule has 0 radical (unpaired) electrons. The van der Waals surface area contributed by atoms with Crippen molar-refractivity contribution < 1.29 is 23.9 Å². The number of amidine groups is 1. The molecule has 11 heteroatoms.